The highest BCUT2D eigenvalue weighted by Gasteiger charge is 2.11. The summed E-state index contributed by atoms with van der Waals surface area (Å²) >= 11 is 5.25. The van der Waals surface area contributed by atoms with Gasteiger partial charge in [-0.15, -0.1) is 0 Å². The van der Waals surface area contributed by atoms with E-state index in [4.69, 9.17) is 11.6 Å². The third-order valence-electron chi connectivity index (χ3n) is 1.62. The Hall–Kier alpha value is -1.16. The topological polar surface area (TPSA) is 26.3 Å². The van der Waals surface area contributed by atoms with Crippen molar-refractivity contribution >= 4 is 17.6 Å². The summed E-state index contributed by atoms with van der Waals surface area (Å²) < 4.78 is 30.1. The van der Waals surface area contributed by atoms with Crippen molar-refractivity contribution in [2.75, 3.05) is 7.11 Å². The molecule has 76 valence electrons. The summed E-state index contributed by atoms with van der Waals surface area (Å²) in [7, 11) is 1.20. The summed E-state index contributed by atoms with van der Waals surface area (Å²) in [6.07, 6.45) is -0.179. The molecular formula is C9H7ClF2O2. The molecule has 0 atom stereocenters. The molecular weight excluding hydrogens is 214 g/mol. The molecule has 0 spiro atoms. The van der Waals surface area contributed by atoms with Crippen LogP contribution < -0.4 is 0 Å². The fourth-order valence-electron chi connectivity index (χ4n) is 0.949. The van der Waals surface area contributed by atoms with Gasteiger partial charge in [0.1, 0.15) is 16.7 Å². The Balaban J connectivity index is 2.95. The van der Waals surface area contributed by atoms with E-state index >= 15 is 0 Å². The smallest absolute Gasteiger partial charge is 0.309 e. The van der Waals surface area contributed by atoms with E-state index in [0.717, 1.165) is 12.1 Å². The molecule has 0 heterocycles. The normalized spacial score (nSPS) is 10.0. The largest absolute Gasteiger partial charge is 0.469 e. The van der Waals surface area contributed by atoms with Gasteiger partial charge in [0.25, 0.3) is 0 Å². The Bertz CT molecular complexity index is 343. The number of benzene rings is 1. The summed E-state index contributed by atoms with van der Waals surface area (Å²) in [4.78, 5) is 10.8. The van der Waals surface area contributed by atoms with Crippen LogP contribution in [-0.4, -0.2) is 13.1 Å². The Morgan fingerprint density at radius 2 is 1.93 bits per heavy atom. The Morgan fingerprint density at radius 3 is 2.36 bits per heavy atom. The maximum Gasteiger partial charge on any atom is 0.309 e. The fraction of sp³-hybridized carbons (Fsp3) is 0.222. The van der Waals surface area contributed by atoms with Gasteiger partial charge in [-0.2, -0.15) is 0 Å². The van der Waals surface area contributed by atoms with Crippen LogP contribution in [-0.2, 0) is 16.0 Å². The van der Waals surface area contributed by atoms with E-state index in [1.807, 2.05) is 0 Å². The summed E-state index contributed by atoms with van der Waals surface area (Å²) in [6, 6.07) is 2.00. The molecule has 0 N–H and O–H groups in total. The average molecular weight is 221 g/mol. The van der Waals surface area contributed by atoms with Gasteiger partial charge in [-0.25, -0.2) is 8.78 Å². The lowest BCUT2D eigenvalue weighted by Crippen LogP contribution is -2.05. The Labute approximate surface area is 84.4 Å². The number of carbonyl (C=O) groups is 1. The Kier molecular flexibility index (Phi) is 3.41. The summed E-state index contributed by atoms with van der Waals surface area (Å²) in [6.45, 7) is 0. The molecule has 1 aromatic carbocycles. The molecule has 1 rings (SSSR count). The first-order valence-corrected chi connectivity index (χ1v) is 4.12. The highest BCUT2D eigenvalue weighted by Crippen LogP contribution is 2.20. The lowest BCUT2D eigenvalue weighted by atomic mass is 10.1. The monoisotopic (exact) mass is 220 g/mol. The second-order valence-electron chi connectivity index (χ2n) is 2.63. The van der Waals surface area contributed by atoms with Gasteiger partial charge in [-0.3, -0.25) is 4.79 Å². The lowest BCUT2D eigenvalue weighted by Gasteiger charge is -2.02. The quantitative estimate of drug-likeness (QED) is 0.565. The zero-order valence-corrected chi connectivity index (χ0v) is 8.07. The lowest BCUT2D eigenvalue weighted by molar-refractivity contribution is -0.139. The molecule has 1 aromatic rings. The van der Waals surface area contributed by atoms with E-state index < -0.39 is 22.6 Å². The van der Waals surface area contributed by atoms with Gasteiger partial charge in [0.2, 0.25) is 0 Å². The van der Waals surface area contributed by atoms with Gasteiger partial charge in [-0.05, 0) is 17.7 Å². The highest BCUT2D eigenvalue weighted by molar-refractivity contribution is 6.30. The van der Waals surface area contributed by atoms with Crippen LogP contribution in [0.2, 0.25) is 5.02 Å². The molecule has 0 unspecified atom stereocenters. The predicted molar refractivity (Wildman–Crippen MR) is 47.1 cm³/mol. The highest BCUT2D eigenvalue weighted by atomic mass is 35.5. The van der Waals surface area contributed by atoms with Crippen molar-refractivity contribution < 1.29 is 18.3 Å². The predicted octanol–water partition coefficient (Wildman–Crippen LogP) is 2.33. The molecule has 0 amide bonds. The molecule has 0 aliphatic rings. The minimum atomic E-state index is -0.884. The van der Waals surface area contributed by atoms with Crippen LogP contribution in [0.1, 0.15) is 5.56 Å². The zero-order chi connectivity index (χ0) is 10.7. The second kappa shape index (κ2) is 4.37. The van der Waals surface area contributed by atoms with E-state index in [1.54, 1.807) is 0 Å². The van der Waals surface area contributed by atoms with E-state index in [1.165, 1.54) is 7.11 Å². The number of carbonyl (C=O) groups excluding carboxylic acids is 1. The van der Waals surface area contributed by atoms with E-state index in [2.05, 4.69) is 4.74 Å². The summed E-state index contributed by atoms with van der Waals surface area (Å²) in [5, 5.41) is -0.571. The number of hydrogen-bond acceptors (Lipinski definition) is 2. The van der Waals surface area contributed by atoms with Gasteiger partial charge in [0, 0.05) is 0 Å². The number of esters is 1. The third-order valence-corrected chi connectivity index (χ3v) is 1.98. The molecule has 0 aliphatic heterocycles. The van der Waals surface area contributed by atoms with E-state index in [0.29, 0.717) is 0 Å². The molecule has 14 heavy (non-hydrogen) atoms. The molecule has 0 fully saturated rings. The molecule has 5 heteroatoms. The molecule has 0 aliphatic carbocycles. The molecule has 0 aromatic heterocycles. The van der Waals surface area contributed by atoms with Crippen LogP contribution in [0.15, 0.2) is 12.1 Å². The molecule has 0 saturated heterocycles. The number of halogens is 3. The number of methoxy groups -OCH3 is 1. The van der Waals surface area contributed by atoms with Crippen molar-refractivity contribution in [3.63, 3.8) is 0 Å². The minimum absolute atomic E-state index is 0.179. The van der Waals surface area contributed by atoms with Gasteiger partial charge in [0.05, 0.1) is 13.5 Å². The van der Waals surface area contributed by atoms with Gasteiger partial charge >= 0.3 is 5.97 Å². The Morgan fingerprint density at radius 1 is 1.43 bits per heavy atom. The van der Waals surface area contributed by atoms with E-state index in [9.17, 15) is 13.6 Å². The van der Waals surface area contributed by atoms with Gasteiger partial charge in [0.15, 0.2) is 0 Å². The third kappa shape index (κ3) is 2.42. The molecule has 0 bridgehead atoms. The number of hydrogen-bond donors (Lipinski definition) is 0. The first-order valence-electron chi connectivity index (χ1n) is 3.75. The van der Waals surface area contributed by atoms with Crippen molar-refractivity contribution in [3.05, 3.63) is 34.4 Å². The van der Waals surface area contributed by atoms with Gasteiger partial charge < -0.3 is 4.74 Å². The molecule has 0 saturated carbocycles. The van der Waals surface area contributed by atoms with Crippen LogP contribution in [0.4, 0.5) is 8.78 Å². The minimum Gasteiger partial charge on any atom is -0.469 e. The SMILES string of the molecule is COC(=O)Cc1cc(F)c(Cl)c(F)c1. The standard InChI is InChI=1S/C9H7ClF2O2/c1-14-8(13)4-5-2-6(11)9(10)7(12)3-5/h2-3H,4H2,1H3. The number of rotatable bonds is 2. The van der Waals surface area contributed by atoms with Crippen molar-refractivity contribution in [2.24, 2.45) is 0 Å². The maximum atomic E-state index is 12.9. The van der Waals surface area contributed by atoms with Crippen LogP contribution >= 0.6 is 11.6 Å². The van der Waals surface area contributed by atoms with Crippen molar-refractivity contribution in [1.82, 2.24) is 0 Å². The van der Waals surface area contributed by atoms with Crippen LogP contribution in [0.3, 0.4) is 0 Å². The average Bonchev–Trinajstić information content (AvgIpc) is 2.14. The molecule has 0 radical (unpaired) electrons. The van der Waals surface area contributed by atoms with E-state index in [-0.39, 0.29) is 12.0 Å². The van der Waals surface area contributed by atoms with Crippen LogP contribution in [0.5, 0.6) is 0 Å². The van der Waals surface area contributed by atoms with Crippen LogP contribution in [0.25, 0.3) is 0 Å². The van der Waals surface area contributed by atoms with Gasteiger partial charge in [-0.1, -0.05) is 11.6 Å². The van der Waals surface area contributed by atoms with Crippen molar-refractivity contribution in [3.8, 4) is 0 Å². The number of ether oxygens (including phenoxy) is 1. The fourth-order valence-corrected chi connectivity index (χ4v) is 1.06. The molecule has 2 nitrogen and oxygen atoms in total. The van der Waals surface area contributed by atoms with Crippen molar-refractivity contribution in [2.45, 2.75) is 6.42 Å². The summed E-state index contributed by atoms with van der Waals surface area (Å²) in [5.74, 6) is -2.33. The zero-order valence-electron chi connectivity index (χ0n) is 7.31. The van der Waals surface area contributed by atoms with Crippen molar-refractivity contribution in [1.29, 1.82) is 0 Å². The second-order valence-corrected chi connectivity index (χ2v) is 3.00. The maximum absolute atomic E-state index is 12.9. The van der Waals surface area contributed by atoms with Crippen LogP contribution in [0, 0.1) is 11.6 Å². The summed E-state index contributed by atoms with van der Waals surface area (Å²) in [5.41, 5.74) is 0.191. The first-order chi connectivity index (χ1) is 6.54. The first kappa shape index (κ1) is 10.9.